The molecule has 0 bridgehead atoms. The first-order valence-corrected chi connectivity index (χ1v) is 6.25. The highest BCUT2D eigenvalue weighted by atomic mass is 16.1. The summed E-state index contributed by atoms with van der Waals surface area (Å²) >= 11 is 0. The Hall–Kier alpha value is -2.80. The number of carbonyl (C=O) groups is 1. The molecule has 2 N–H and O–H groups in total. The number of nitriles is 1. The molecule has 0 heterocycles. The van der Waals surface area contributed by atoms with Gasteiger partial charge in [0.15, 0.2) is 0 Å². The Labute approximate surface area is 118 Å². The number of nitrogens with zero attached hydrogens (tertiary/aromatic N) is 1. The summed E-state index contributed by atoms with van der Waals surface area (Å²) in [7, 11) is 1.76. The van der Waals surface area contributed by atoms with Crippen molar-refractivity contribution in [3.8, 4) is 6.07 Å². The quantitative estimate of drug-likeness (QED) is 0.896. The number of hydrogen-bond acceptors (Lipinski definition) is 3. The molecule has 4 heteroatoms. The maximum Gasteiger partial charge on any atom is 0.257 e. The van der Waals surface area contributed by atoms with Crippen molar-refractivity contribution in [1.82, 2.24) is 0 Å². The Kier molecular flexibility index (Phi) is 4.02. The SMILES string of the molecule is CNc1ccccc1C(=O)Nc1cccc(C)c1C#N. The molecule has 0 aliphatic heterocycles. The van der Waals surface area contributed by atoms with Crippen molar-refractivity contribution in [3.63, 3.8) is 0 Å². The first-order chi connectivity index (χ1) is 9.67. The molecular formula is C16H15N3O. The molecule has 0 radical (unpaired) electrons. The monoisotopic (exact) mass is 265 g/mol. The van der Waals surface area contributed by atoms with Gasteiger partial charge in [0, 0.05) is 12.7 Å². The van der Waals surface area contributed by atoms with Gasteiger partial charge >= 0.3 is 0 Å². The van der Waals surface area contributed by atoms with Gasteiger partial charge in [-0.25, -0.2) is 0 Å². The number of para-hydroxylation sites is 1. The van der Waals surface area contributed by atoms with Crippen LogP contribution in [0.1, 0.15) is 21.5 Å². The molecule has 1 amide bonds. The molecule has 0 aliphatic carbocycles. The minimum atomic E-state index is -0.239. The Morgan fingerprint density at radius 1 is 1.10 bits per heavy atom. The van der Waals surface area contributed by atoms with E-state index >= 15 is 0 Å². The van der Waals surface area contributed by atoms with Gasteiger partial charge < -0.3 is 10.6 Å². The molecular weight excluding hydrogens is 250 g/mol. The lowest BCUT2D eigenvalue weighted by Gasteiger charge is -2.11. The van der Waals surface area contributed by atoms with Crippen LogP contribution < -0.4 is 10.6 Å². The lowest BCUT2D eigenvalue weighted by Crippen LogP contribution is -2.15. The van der Waals surface area contributed by atoms with E-state index in [0.29, 0.717) is 16.8 Å². The van der Waals surface area contributed by atoms with Crippen LogP contribution >= 0.6 is 0 Å². The Morgan fingerprint density at radius 2 is 1.80 bits per heavy atom. The molecule has 0 spiro atoms. The van der Waals surface area contributed by atoms with Gasteiger partial charge in [0.05, 0.1) is 16.8 Å². The van der Waals surface area contributed by atoms with E-state index in [-0.39, 0.29) is 5.91 Å². The van der Waals surface area contributed by atoms with Crippen LogP contribution in [0.15, 0.2) is 42.5 Å². The van der Waals surface area contributed by atoms with Crippen molar-refractivity contribution in [1.29, 1.82) is 5.26 Å². The largest absolute Gasteiger partial charge is 0.387 e. The highest BCUT2D eigenvalue weighted by Gasteiger charge is 2.13. The van der Waals surface area contributed by atoms with Crippen LogP contribution in [0.5, 0.6) is 0 Å². The summed E-state index contributed by atoms with van der Waals surface area (Å²) in [5.41, 5.74) is 3.15. The lowest BCUT2D eigenvalue weighted by molar-refractivity contribution is 0.102. The predicted octanol–water partition coefficient (Wildman–Crippen LogP) is 3.16. The van der Waals surface area contributed by atoms with E-state index in [1.54, 1.807) is 25.2 Å². The fourth-order valence-electron chi connectivity index (χ4n) is 2.01. The molecule has 100 valence electrons. The van der Waals surface area contributed by atoms with Crippen molar-refractivity contribution in [2.24, 2.45) is 0 Å². The molecule has 0 aliphatic rings. The summed E-state index contributed by atoms with van der Waals surface area (Å²) in [6.07, 6.45) is 0. The minimum absolute atomic E-state index is 0.239. The second-order valence-electron chi connectivity index (χ2n) is 4.36. The van der Waals surface area contributed by atoms with Crippen LogP contribution in [0, 0.1) is 18.3 Å². The topological polar surface area (TPSA) is 64.9 Å². The number of anilines is 2. The van der Waals surface area contributed by atoms with Crippen molar-refractivity contribution in [2.45, 2.75) is 6.92 Å². The first kappa shape index (κ1) is 13.6. The minimum Gasteiger partial charge on any atom is -0.387 e. The normalized spacial score (nSPS) is 9.65. The van der Waals surface area contributed by atoms with Crippen LogP contribution in [0.4, 0.5) is 11.4 Å². The van der Waals surface area contributed by atoms with E-state index in [1.807, 2.05) is 31.2 Å². The number of benzene rings is 2. The Bertz CT molecular complexity index is 686. The average Bonchev–Trinajstić information content (AvgIpc) is 2.47. The molecule has 2 rings (SSSR count). The smallest absolute Gasteiger partial charge is 0.257 e. The Balaban J connectivity index is 2.34. The van der Waals surface area contributed by atoms with Gasteiger partial charge in [0.25, 0.3) is 5.91 Å². The van der Waals surface area contributed by atoms with Crippen molar-refractivity contribution in [3.05, 3.63) is 59.2 Å². The van der Waals surface area contributed by atoms with Gasteiger partial charge in [-0.2, -0.15) is 5.26 Å². The third-order valence-corrected chi connectivity index (χ3v) is 3.07. The zero-order valence-corrected chi connectivity index (χ0v) is 11.4. The average molecular weight is 265 g/mol. The van der Waals surface area contributed by atoms with Crippen LogP contribution in [-0.4, -0.2) is 13.0 Å². The molecule has 0 fully saturated rings. The molecule has 0 saturated heterocycles. The summed E-state index contributed by atoms with van der Waals surface area (Å²) in [4.78, 5) is 12.3. The van der Waals surface area contributed by atoms with E-state index < -0.39 is 0 Å². The molecule has 0 saturated carbocycles. The van der Waals surface area contributed by atoms with E-state index in [2.05, 4.69) is 16.7 Å². The molecule has 2 aromatic rings. The maximum absolute atomic E-state index is 12.3. The zero-order valence-electron chi connectivity index (χ0n) is 11.4. The first-order valence-electron chi connectivity index (χ1n) is 6.25. The van der Waals surface area contributed by atoms with Crippen molar-refractivity contribution < 1.29 is 4.79 Å². The lowest BCUT2D eigenvalue weighted by atomic mass is 10.1. The van der Waals surface area contributed by atoms with E-state index in [1.165, 1.54) is 0 Å². The number of aryl methyl sites for hydroxylation is 1. The second kappa shape index (κ2) is 5.89. The molecule has 0 unspecified atom stereocenters. The molecule has 0 aromatic heterocycles. The standard InChI is InChI=1S/C16H15N3O/c1-11-6-5-9-15(13(11)10-17)19-16(20)12-7-3-4-8-14(12)18-2/h3-9,18H,1-2H3,(H,19,20). The molecule has 2 aromatic carbocycles. The fraction of sp³-hybridized carbons (Fsp3) is 0.125. The van der Waals surface area contributed by atoms with Crippen molar-refractivity contribution in [2.75, 3.05) is 17.7 Å². The number of nitrogens with one attached hydrogen (secondary N) is 2. The summed E-state index contributed by atoms with van der Waals surface area (Å²) < 4.78 is 0. The summed E-state index contributed by atoms with van der Waals surface area (Å²) in [5, 5.41) is 14.9. The summed E-state index contributed by atoms with van der Waals surface area (Å²) in [6.45, 7) is 1.84. The molecule has 0 atom stereocenters. The van der Waals surface area contributed by atoms with E-state index in [0.717, 1.165) is 11.3 Å². The van der Waals surface area contributed by atoms with Crippen molar-refractivity contribution >= 4 is 17.3 Å². The van der Waals surface area contributed by atoms with Gasteiger partial charge in [-0.1, -0.05) is 24.3 Å². The van der Waals surface area contributed by atoms with Crippen LogP contribution in [0.3, 0.4) is 0 Å². The van der Waals surface area contributed by atoms with Gasteiger partial charge in [-0.3, -0.25) is 4.79 Å². The fourth-order valence-corrected chi connectivity index (χ4v) is 2.01. The second-order valence-corrected chi connectivity index (χ2v) is 4.36. The number of carbonyl (C=O) groups excluding carboxylic acids is 1. The molecule has 4 nitrogen and oxygen atoms in total. The molecule has 20 heavy (non-hydrogen) atoms. The van der Waals surface area contributed by atoms with E-state index in [9.17, 15) is 4.79 Å². The number of rotatable bonds is 3. The highest BCUT2D eigenvalue weighted by Crippen LogP contribution is 2.21. The van der Waals surface area contributed by atoms with Gasteiger partial charge in [0.2, 0.25) is 0 Å². The third kappa shape index (κ3) is 2.62. The van der Waals surface area contributed by atoms with Gasteiger partial charge in [-0.05, 0) is 30.7 Å². The number of amides is 1. The zero-order chi connectivity index (χ0) is 14.5. The summed E-state index contributed by atoms with van der Waals surface area (Å²) in [6, 6.07) is 14.7. The van der Waals surface area contributed by atoms with Crippen LogP contribution in [-0.2, 0) is 0 Å². The van der Waals surface area contributed by atoms with Gasteiger partial charge in [-0.15, -0.1) is 0 Å². The Morgan fingerprint density at radius 3 is 2.50 bits per heavy atom. The van der Waals surface area contributed by atoms with Crippen LogP contribution in [0.25, 0.3) is 0 Å². The summed E-state index contributed by atoms with van der Waals surface area (Å²) in [5.74, 6) is -0.239. The predicted molar refractivity (Wildman–Crippen MR) is 79.8 cm³/mol. The third-order valence-electron chi connectivity index (χ3n) is 3.07. The van der Waals surface area contributed by atoms with Crippen LogP contribution in [0.2, 0.25) is 0 Å². The maximum atomic E-state index is 12.3. The van der Waals surface area contributed by atoms with E-state index in [4.69, 9.17) is 5.26 Å². The van der Waals surface area contributed by atoms with Gasteiger partial charge in [0.1, 0.15) is 6.07 Å². The highest BCUT2D eigenvalue weighted by molar-refractivity contribution is 6.08. The number of hydrogen-bond donors (Lipinski definition) is 2.